The van der Waals surface area contributed by atoms with Crippen molar-refractivity contribution in [2.24, 2.45) is 10.7 Å². The van der Waals surface area contributed by atoms with Crippen LogP contribution in [0.1, 0.15) is 5.56 Å². The fourth-order valence-corrected chi connectivity index (χ4v) is 1.70. The Morgan fingerprint density at radius 3 is 2.85 bits per heavy atom. The molecule has 1 aromatic carbocycles. The number of rotatable bonds is 5. The van der Waals surface area contributed by atoms with Crippen LogP contribution in [0.15, 0.2) is 23.2 Å². The van der Waals surface area contributed by atoms with Gasteiger partial charge in [-0.25, -0.2) is 4.99 Å². The predicted molar refractivity (Wildman–Crippen MR) is 88.1 cm³/mol. The van der Waals surface area contributed by atoms with Crippen LogP contribution in [0.25, 0.3) is 0 Å². The maximum Gasteiger partial charge on any atom is 0.188 e. The molecule has 0 saturated carbocycles. The quantitative estimate of drug-likeness (QED) is 0.340. The minimum absolute atomic E-state index is 0. The van der Waals surface area contributed by atoms with Crippen molar-refractivity contribution in [1.29, 1.82) is 0 Å². The van der Waals surface area contributed by atoms with Gasteiger partial charge >= 0.3 is 0 Å². The van der Waals surface area contributed by atoms with Gasteiger partial charge in [0.15, 0.2) is 17.5 Å². The number of ether oxygens (including phenoxy) is 3. The summed E-state index contributed by atoms with van der Waals surface area (Å²) in [5.74, 6) is 1.96. The van der Waals surface area contributed by atoms with E-state index in [0.717, 1.165) is 17.1 Å². The zero-order chi connectivity index (χ0) is 13.5. The molecule has 0 fully saturated rings. The first-order valence-electron chi connectivity index (χ1n) is 6.21. The summed E-state index contributed by atoms with van der Waals surface area (Å²) in [6.45, 7) is 2.93. The number of halogens is 1. The fourth-order valence-electron chi connectivity index (χ4n) is 1.70. The van der Waals surface area contributed by atoms with Crippen molar-refractivity contribution >= 4 is 29.9 Å². The molecule has 0 unspecified atom stereocenters. The second kappa shape index (κ2) is 8.85. The highest BCUT2D eigenvalue weighted by Gasteiger charge is 2.11. The van der Waals surface area contributed by atoms with E-state index in [4.69, 9.17) is 19.9 Å². The molecule has 0 aromatic heterocycles. The van der Waals surface area contributed by atoms with Crippen molar-refractivity contribution in [3.05, 3.63) is 23.8 Å². The second-order valence-electron chi connectivity index (χ2n) is 4.10. The van der Waals surface area contributed by atoms with Gasteiger partial charge in [-0.05, 0) is 17.7 Å². The molecule has 0 saturated heterocycles. The Labute approximate surface area is 135 Å². The third kappa shape index (κ3) is 5.04. The van der Waals surface area contributed by atoms with E-state index >= 15 is 0 Å². The van der Waals surface area contributed by atoms with Crippen molar-refractivity contribution < 1.29 is 14.2 Å². The van der Waals surface area contributed by atoms with Crippen LogP contribution in [0.3, 0.4) is 0 Å². The number of hydrogen-bond donors (Lipinski definition) is 2. The largest absolute Gasteiger partial charge is 0.486 e. The van der Waals surface area contributed by atoms with Crippen LogP contribution in [0.2, 0.25) is 0 Å². The number of nitrogens with one attached hydrogen (secondary N) is 1. The molecule has 1 aliphatic rings. The van der Waals surface area contributed by atoms with Crippen LogP contribution in [-0.2, 0) is 11.3 Å². The van der Waals surface area contributed by atoms with Crippen LogP contribution in [0.5, 0.6) is 11.5 Å². The number of fused-ring (bicyclic) bond motifs is 1. The minimum Gasteiger partial charge on any atom is -0.486 e. The Kier molecular flexibility index (Phi) is 7.45. The maximum atomic E-state index is 5.73. The molecule has 1 aromatic rings. The normalized spacial score (nSPS) is 13.6. The van der Waals surface area contributed by atoms with Crippen molar-refractivity contribution in [3.8, 4) is 11.5 Å². The van der Waals surface area contributed by atoms with Crippen LogP contribution < -0.4 is 20.5 Å². The predicted octanol–water partition coefficient (Wildman–Crippen LogP) is 1.13. The lowest BCUT2D eigenvalue weighted by Crippen LogP contribution is -2.34. The number of methoxy groups -OCH3 is 1. The molecule has 0 spiro atoms. The summed E-state index contributed by atoms with van der Waals surface area (Å²) in [7, 11) is 1.64. The smallest absolute Gasteiger partial charge is 0.188 e. The number of guanidine groups is 1. The highest BCUT2D eigenvalue weighted by molar-refractivity contribution is 14.0. The van der Waals surface area contributed by atoms with Crippen LogP contribution in [0.4, 0.5) is 0 Å². The van der Waals surface area contributed by atoms with E-state index in [2.05, 4.69) is 10.3 Å². The number of nitrogens with zero attached hydrogens (tertiary/aromatic N) is 1. The minimum atomic E-state index is 0. The van der Waals surface area contributed by atoms with Gasteiger partial charge in [0.25, 0.3) is 0 Å². The van der Waals surface area contributed by atoms with E-state index in [1.54, 1.807) is 7.11 Å². The van der Waals surface area contributed by atoms with Crippen molar-refractivity contribution in [2.75, 3.05) is 33.5 Å². The molecular formula is C13H20IN3O3. The first-order chi connectivity index (χ1) is 9.29. The molecule has 0 radical (unpaired) electrons. The molecule has 1 aliphatic heterocycles. The monoisotopic (exact) mass is 393 g/mol. The van der Waals surface area contributed by atoms with E-state index in [-0.39, 0.29) is 24.0 Å². The highest BCUT2D eigenvalue weighted by Crippen LogP contribution is 2.30. The zero-order valence-corrected chi connectivity index (χ0v) is 13.8. The van der Waals surface area contributed by atoms with Gasteiger partial charge in [-0.15, -0.1) is 24.0 Å². The summed E-state index contributed by atoms with van der Waals surface area (Å²) in [5, 5.41) is 2.96. The van der Waals surface area contributed by atoms with Gasteiger partial charge in [0.2, 0.25) is 0 Å². The summed E-state index contributed by atoms with van der Waals surface area (Å²) < 4.78 is 15.9. The van der Waals surface area contributed by atoms with Gasteiger partial charge in [-0.1, -0.05) is 6.07 Å². The summed E-state index contributed by atoms with van der Waals surface area (Å²) in [5.41, 5.74) is 6.76. The molecule has 20 heavy (non-hydrogen) atoms. The van der Waals surface area contributed by atoms with Gasteiger partial charge in [0.1, 0.15) is 13.2 Å². The topological polar surface area (TPSA) is 78.1 Å². The molecule has 2 rings (SSSR count). The molecular weight excluding hydrogens is 373 g/mol. The summed E-state index contributed by atoms with van der Waals surface area (Å²) >= 11 is 0. The average molecular weight is 393 g/mol. The van der Waals surface area contributed by atoms with Gasteiger partial charge in [-0.3, -0.25) is 0 Å². The van der Waals surface area contributed by atoms with Crippen molar-refractivity contribution in [1.82, 2.24) is 5.32 Å². The maximum absolute atomic E-state index is 5.73. The van der Waals surface area contributed by atoms with Gasteiger partial charge in [0, 0.05) is 13.7 Å². The third-order valence-corrected chi connectivity index (χ3v) is 2.65. The number of benzene rings is 1. The average Bonchev–Trinajstić information content (AvgIpc) is 2.45. The molecule has 6 nitrogen and oxygen atoms in total. The van der Waals surface area contributed by atoms with E-state index < -0.39 is 0 Å². The molecule has 112 valence electrons. The first kappa shape index (κ1) is 16.8. The van der Waals surface area contributed by atoms with E-state index in [0.29, 0.717) is 38.9 Å². The van der Waals surface area contributed by atoms with E-state index in [1.165, 1.54) is 0 Å². The molecule has 1 heterocycles. The fraction of sp³-hybridized carbons (Fsp3) is 0.462. The standard InChI is InChI=1S/C13H19N3O3.HI/c1-17-5-4-15-13(14)16-9-10-2-3-11-12(8-10)19-7-6-18-11;/h2-3,8H,4-7,9H2,1H3,(H3,14,15,16);1H. The summed E-state index contributed by atoms with van der Waals surface area (Å²) in [4.78, 5) is 4.25. The highest BCUT2D eigenvalue weighted by atomic mass is 127. The zero-order valence-electron chi connectivity index (χ0n) is 11.4. The lowest BCUT2D eigenvalue weighted by Gasteiger charge is -2.18. The molecule has 0 aliphatic carbocycles. The van der Waals surface area contributed by atoms with Gasteiger partial charge in [0.05, 0.1) is 13.2 Å². The Morgan fingerprint density at radius 1 is 1.35 bits per heavy atom. The lowest BCUT2D eigenvalue weighted by atomic mass is 10.2. The molecule has 0 atom stereocenters. The summed E-state index contributed by atoms with van der Waals surface area (Å²) in [6, 6.07) is 5.79. The van der Waals surface area contributed by atoms with E-state index in [9.17, 15) is 0 Å². The van der Waals surface area contributed by atoms with Crippen molar-refractivity contribution in [2.45, 2.75) is 6.54 Å². The SMILES string of the molecule is COCCNC(N)=NCc1ccc2c(c1)OCCO2.I. The number of nitrogens with two attached hydrogens (primary N) is 1. The number of aliphatic imine (C=N–C) groups is 1. The van der Waals surface area contributed by atoms with Crippen LogP contribution in [0, 0.1) is 0 Å². The van der Waals surface area contributed by atoms with E-state index in [1.807, 2.05) is 18.2 Å². The second-order valence-corrected chi connectivity index (χ2v) is 4.10. The van der Waals surface area contributed by atoms with Crippen molar-refractivity contribution in [3.63, 3.8) is 0 Å². The number of hydrogen-bond acceptors (Lipinski definition) is 4. The Bertz CT molecular complexity index is 454. The van der Waals surface area contributed by atoms with Crippen LogP contribution >= 0.6 is 24.0 Å². The Balaban J connectivity index is 0.00000200. The Hall–Kier alpha value is -1.22. The van der Waals surface area contributed by atoms with Gasteiger partial charge in [-0.2, -0.15) is 0 Å². The molecule has 3 N–H and O–H groups in total. The molecule has 7 heteroatoms. The third-order valence-electron chi connectivity index (χ3n) is 2.65. The Morgan fingerprint density at radius 2 is 2.10 bits per heavy atom. The molecule has 0 bridgehead atoms. The molecule has 0 amide bonds. The van der Waals surface area contributed by atoms with Gasteiger partial charge < -0.3 is 25.3 Å². The lowest BCUT2D eigenvalue weighted by molar-refractivity contribution is 0.171. The first-order valence-corrected chi connectivity index (χ1v) is 6.21. The summed E-state index contributed by atoms with van der Waals surface area (Å²) in [6.07, 6.45) is 0. The van der Waals surface area contributed by atoms with Crippen LogP contribution in [-0.4, -0.2) is 39.4 Å².